The van der Waals surface area contributed by atoms with Crippen LogP contribution in [0.4, 0.5) is 0 Å². The van der Waals surface area contributed by atoms with Crippen molar-refractivity contribution in [2.24, 2.45) is 0 Å². The van der Waals surface area contributed by atoms with E-state index < -0.39 is 11.9 Å². The molecule has 0 saturated heterocycles. The molecule has 0 spiro atoms. The van der Waals surface area contributed by atoms with Crippen LogP contribution in [0.25, 0.3) is 6.08 Å². The minimum atomic E-state index is -1.23. The molecule has 3 aromatic rings. The predicted octanol–water partition coefficient (Wildman–Crippen LogP) is 4.73. The summed E-state index contributed by atoms with van der Waals surface area (Å²) in [5.74, 6) is -1.20. The summed E-state index contributed by atoms with van der Waals surface area (Å²) in [5.41, 5.74) is 1.70. The molecule has 146 valence electrons. The number of hydrogen-bond donors (Lipinski definition) is 2. The van der Waals surface area contributed by atoms with Crippen LogP contribution >= 0.6 is 22.6 Å². The van der Waals surface area contributed by atoms with E-state index in [1.54, 1.807) is 48.5 Å². The van der Waals surface area contributed by atoms with E-state index in [2.05, 4.69) is 27.9 Å². The summed E-state index contributed by atoms with van der Waals surface area (Å²) in [6.45, 7) is 0.348. The standard InChI is InChI=1S/C23H18INO4/c24-19-12-10-16(11-13-19)15-29-21-9-5-4-8-18(21)14-20(23(27)28)25-22(26)17-6-2-1-3-7-17/h1-14H,15H2,(H,25,26)(H,27,28)/b20-14+. The largest absolute Gasteiger partial charge is 0.488 e. The SMILES string of the molecule is O=C(O)/C(=C\c1ccccc1OCc1ccc(I)cc1)NC(=O)c1ccccc1. The van der Waals surface area contributed by atoms with E-state index in [1.807, 2.05) is 30.3 Å². The molecule has 0 saturated carbocycles. The van der Waals surface area contributed by atoms with E-state index >= 15 is 0 Å². The van der Waals surface area contributed by atoms with Gasteiger partial charge in [0.2, 0.25) is 0 Å². The monoisotopic (exact) mass is 499 g/mol. The lowest BCUT2D eigenvalue weighted by molar-refractivity contribution is -0.132. The van der Waals surface area contributed by atoms with Gasteiger partial charge < -0.3 is 15.2 Å². The number of ether oxygens (including phenoxy) is 1. The number of carboxylic acid groups (broad SMARTS) is 1. The molecule has 0 heterocycles. The zero-order valence-corrected chi connectivity index (χ0v) is 17.5. The average Bonchev–Trinajstić information content (AvgIpc) is 2.74. The lowest BCUT2D eigenvalue weighted by Crippen LogP contribution is -2.27. The first kappa shape index (κ1) is 20.6. The lowest BCUT2D eigenvalue weighted by Gasteiger charge is -2.11. The van der Waals surface area contributed by atoms with E-state index in [9.17, 15) is 14.7 Å². The first-order valence-corrected chi connectivity index (χ1v) is 9.88. The summed E-state index contributed by atoms with van der Waals surface area (Å²) in [6.07, 6.45) is 1.40. The van der Waals surface area contributed by atoms with Gasteiger partial charge in [0.1, 0.15) is 18.1 Å². The van der Waals surface area contributed by atoms with E-state index in [4.69, 9.17) is 4.74 Å². The van der Waals surface area contributed by atoms with Gasteiger partial charge in [-0.25, -0.2) is 4.79 Å². The number of hydrogen-bond acceptors (Lipinski definition) is 3. The molecule has 3 rings (SSSR count). The van der Waals surface area contributed by atoms with Gasteiger partial charge in [-0.2, -0.15) is 0 Å². The molecular formula is C23H18INO4. The Labute approximate surface area is 182 Å². The Balaban J connectivity index is 1.80. The number of amides is 1. The highest BCUT2D eigenvalue weighted by atomic mass is 127. The molecule has 1 amide bonds. The van der Waals surface area contributed by atoms with Crippen molar-refractivity contribution in [2.75, 3.05) is 0 Å². The topological polar surface area (TPSA) is 75.6 Å². The highest BCUT2D eigenvalue weighted by Crippen LogP contribution is 2.22. The lowest BCUT2D eigenvalue weighted by atomic mass is 10.1. The number of para-hydroxylation sites is 1. The van der Waals surface area contributed by atoms with Gasteiger partial charge in [-0.05, 0) is 64.6 Å². The first-order valence-electron chi connectivity index (χ1n) is 8.80. The molecule has 0 radical (unpaired) electrons. The molecule has 0 bridgehead atoms. The van der Waals surface area contributed by atoms with Crippen molar-refractivity contribution >= 4 is 40.5 Å². The Kier molecular flexibility index (Phi) is 7.02. The van der Waals surface area contributed by atoms with E-state index in [1.165, 1.54) is 6.08 Å². The molecule has 0 atom stereocenters. The van der Waals surface area contributed by atoms with Crippen molar-refractivity contribution in [1.82, 2.24) is 5.32 Å². The summed E-state index contributed by atoms with van der Waals surface area (Å²) in [6, 6.07) is 23.5. The molecule has 2 N–H and O–H groups in total. The average molecular weight is 499 g/mol. The molecule has 6 heteroatoms. The molecule has 3 aromatic carbocycles. The zero-order valence-electron chi connectivity index (χ0n) is 15.3. The fourth-order valence-electron chi connectivity index (χ4n) is 2.56. The van der Waals surface area contributed by atoms with E-state index in [0.717, 1.165) is 9.13 Å². The molecule has 0 fully saturated rings. The molecule has 5 nitrogen and oxygen atoms in total. The number of benzene rings is 3. The fraction of sp³-hybridized carbons (Fsp3) is 0.0435. The van der Waals surface area contributed by atoms with Gasteiger partial charge >= 0.3 is 5.97 Å². The van der Waals surface area contributed by atoms with Gasteiger partial charge in [-0.3, -0.25) is 4.79 Å². The van der Waals surface area contributed by atoms with Crippen molar-refractivity contribution in [3.05, 3.63) is 105 Å². The maximum Gasteiger partial charge on any atom is 0.352 e. The maximum absolute atomic E-state index is 12.3. The van der Waals surface area contributed by atoms with Gasteiger partial charge in [0.25, 0.3) is 5.91 Å². The number of carbonyl (C=O) groups excluding carboxylic acids is 1. The Bertz CT molecular complexity index is 1030. The Morgan fingerprint density at radius 3 is 2.28 bits per heavy atom. The molecule has 0 aromatic heterocycles. The summed E-state index contributed by atoms with van der Waals surface area (Å²) in [5, 5.41) is 12.0. The van der Waals surface area contributed by atoms with Crippen LogP contribution in [0, 0.1) is 3.57 Å². The zero-order chi connectivity index (χ0) is 20.6. The number of carbonyl (C=O) groups is 2. The third-order valence-electron chi connectivity index (χ3n) is 4.04. The highest BCUT2D eigenvalue weighted by molar-refractivity contribution is 14.1. The van der Waals surface area contributed by atoms with Gasteiger partial charge in [-0.15, -0.1) is 0 Å². The molecule has 29 heavy (non-hydrogen) atoms. The van der Waals surface area contributed by atoms with Crippen LogP contribution in [0.3, 0.4) is 0 Å². The van der Waals surface area contributed by atoms with Gasteiger partial charge in [0, 0.05) is 14.7 Å². The number of aliphatic carboxylic acids is 1. The predicted molar refractivity (Wildman–Crippen MR) is 119 cm³/mol. The molecule has 0 aliphatic rings. The molecule has 0 aliphatic carbocycles. The summed E-state index contributed by atoms with van der Waals surface area (Å²) >= 11 is 2.24. The van der Waals surface area contributed by atoms with Crippen molar-refractivity contribution in [2.45, 2.75) is 6.61 Å². The molecule has 0 unspecified atom stereocenters. The summed E-state index contributed by atoms with van der Waals surface area (Å²) < 4.78 is 7.01. The van der Waals surface area contributed by atoms with Crippen LogP contribution in [0.2, 0.25) is 0 Å². The molecular weight excluding hydrogens is 481 g/mol. The minimum absolute atomic E-state index is 0.232. The Hall–Kier alpha value is -3.13. The second kappa shape index (κ2) is 9.88. The Morgan fingerprint density at radius 2 is 1.59 bits per heavy atom. The van der Waals surface area contributed by atoms with E-state index in [-0.39, 0.29) is 5.70 Å². The maximum atomic E-state index is 12.3. The number of nitrogens with one attached hydrogen (secondary N) is 1. The number of rotatable bonds is 7. The van der Waals surface area contributed by atoms with Crippen LogP contribution in [0.5, 0.6) is 5.75 Å². The second-order valence-corrected chi connectivity index (χ2v) is 7.38. The highest BCUT2D eigenvalue weighted by Gasteiger charge is 2.14. The summed E-state index contributed by atoms with van der Waals surface area (Å²) in [7, 11) is 0. The van der Waals surface area contributed by atoms with Gasteiger partial charge in [0.15, 0.2) is 0 Å². The van der Waals surface area contributed by atoms with E-state index in [0.29, 0.717) is 23.5 Å². The van der Waals surface area contributed by atoms with Crippen LogP contribution in [-0.4, -0.2) is 17.0 Å². The molecule has 0 aliphatic heterocycles. The van der Waals surface area contributed by atoms with Crippen molar-refractivity contribution in [3.8, 4) is 5.75 Å². The van der Waals surface area contributed by atoms with Crippen LogP contribution in [0.15, 0.2) is 84.6 Å². The van der Waals surface area contributed by atoms with Crippen molar-refractivity contribution < 1.29 is 19.4 Å². The van der Waals surface area contributed by atoms with Crippen molar-refractivity contribution in [3.63, 3.8) is 0 Å². The third-order valence-corrected chi connectivity index (χ3v) is 4.76. The smallest absolute Gasteiger partial charge is 0.352 e. The number of halogens is 1. The fourth-order valence-corrected chi connectivity index (χ4v) is 2.92. The Morgan fingerprint density at radius 1 is 0.931 bits per heavy atom. The normalized spacial score (nSPS) is 11.0. The van der Waals surface area contributed by atoms with Crippen LogP contribution in [-0.2, 0) is 11.4 Å². The number of carboxylic acids is 1. The van der Waals surface area contributed by atoms with Crippen molar-refractivity contribution in [1.29, 1.82) is 0 Å². The van der Waals surface area contributed by atoms with Crippen LogP contribution < -0.4 is 10.1 Å². The first-order chi connectivity index (χ1) is 14.0. The quantitative estimate of drug-likeness (QED) is 0.364. The third kappa shape index (κ3) is 5.92. The minimum Gasteiger partial charge on any atom is -0.488 e. The second-order valence-electron chi connectivity index (χ2n) is 6.14. The summed E-state index contributed by atoms with van der Waals surface area (Å²) in [4.78, 5) is 24.0. The van der Waals surface area contributed by atoms with Gasteiger partial charge in [0.05, 0.1) is 0 Å². The van der Waals surface area contributed by atoms with Gasteiger partial charge in [-0.1, -0.05) is 48.5 Å². The van der Waals surface area contributed by atoms with Crippen LogP contribution in [0.1, 0.15) is 21.5 Å².